The number of carbonyl (C=O) groups excluding carboxylic acids is 1. The van der Waals surface area contributed by atoms with Crippen molar-refractivity contribution >= 4 is 28.5 Å². The summed E-state index contributed by atoms with van der Waals surface area (Å²) in [5.41, 5.74) is 1.08. The molecule has 0 amide bonds. The van der Waals surface area contributed by atoms with Gasteiger partial charge in [0.25, 0.3) is 0 Å². The Labute approximate surface area is 102 Å². The molecule has 0 bridgehead atoms. The third kappa shape index (κ3) is 2.08. The van der Waals surface area contributed by atoms with E-state index in [1.165, 1.54) is 13.2 Å². The van der Waals surface area contributed by atoms with E-state index in [0.717, 1.165) is 6.07 Å². The molecule has 0 aliphatic heterocycles. The van der Waals surface area contributed by atoms with Crippen molar-refractivity contribution in [3.63, 3.8) is 0 Å². The van der Waals surface area contributed by atoms with E-state index >= 15 is 0 Å². The second-order valence-corrected chi connectivity index (χ2v) is 3.99. The summed E-state index contributed by atoms with van der Waals surface area (Å²) in [7, 11) is 1.23. The maximum absolute atomic E-state index is 13.4. The third-order valence-electron chi connectivity index (χ3n) is 2.36. The summed E-state index contributed by atoms with van der Waals surface area (Å²) in [6.07, 6.45) is 0. The highest BCUT2D eigenvalue weighted by molar-refractivity contribution is 6.35. The molecule has 3 nitrogen and oxygen atoms in total. The van der Waals surface area contributed by atoms with Gasteiger partial charge in [-0.05, 0) is 25.1 Å². The zero-order valence-electron chi connectivity index (χ0n) is 9.25. The number of carbonyl (C=O) groups is 1. The highest BCUT2D eigenvalue weighted by Crippen LogP contribution is 2.27. The SMILES string of the molecule is COC(=O)c1cc(F)cc2c(Cl)cc(C)nc12. The molecule has 17 heavy (non-hydrogen) atoms. The molecule has 5 heteroatoms. The van der Waals surface area contributed by atoms with Gasteiger partial charge < -0.3 is 4.74 Å². The normalized spacial score (nSPS) is 10.6. The van der Waals surface area contributed by atoms with Crippen molar-refractivity contribution in [3.05, 3.63) is 40.3 Å². The maximum Gasteiger partial charge on any atom is 0.340 e. The van der Waals surface area contributed by atoms with E-state index in [4.69, 9.17) is 11.6 Å². The molecule has 88 valence electrons. The first kappa shape index (κ1) is 11.8. The van der Waals surface area contributed by atoms with E-state index in [2.05, 4.69) is 9.72 Å². The molecule has 0 radical (unpaired) electrons. The second-order valence-electron chi connectivity index (χ2n) is 3.59. The average Bonchev–Trinajstić information content (AvgIpc) is 2.28. The van der Waals surface area contributed by atoms with Crippen LogP contribution in [-0.4, -0.2) is 18.1 Å². The van der Waals surface area contributed by atoms with Gasteiger partial charge in [0.1, 0.15) is 5.82 Å². The Morgan fingerprint density at radius 3 is 2.76 bits per heavy atom. The van der Waals surface area contributed by atoms with Crippen LogP contribution >= 0.6 is 11.6 Å². The number of hydrogen-bond donors (Lipinski definition) is 0. The molecule has 0 unspecified atom stereocenters. The van der Waals surface area contributed by atoms with E-state index in [0.29, 0.717) is 21.6 Å². The monoisotopic (exact) mass is 253 g/mol. The number of benzene rings is 1. The Hall–Kier alpha value is -1.68. The van der Waals surface area contributed by atoms with Crippen LogP contribution in [0.2, 0.25) is 5.02 Å². The molecule has 0 spiro atoms. The lowest BCUT2D eigenvalue weighted by Gasteiger charge is -2.07. The number of hydrogen-bond acceptors (Lipinski definition) is 3. The Morgan fingerprint density at radius 2 is 2.12 bits per heavy atom. The van der Waals surface area contributed by atoms with Gasteiger partial charge in [0.2, 0.25) is 0 Å². The van der Waals surface area contributed by atoms with Crippen LogP contribution in [0.5, 0.6) is 0 Å². The summed E-state index contributed by atoms with van der Waals surface area (Å²) >= 11 is 6.00. The maximum atomic E-state index is 13.4. The molecular formula is C12H9ClFNO2. The summed E-state index contributed by atoms with van der Waals surface area (Å²) in [4.78, 5) is 15.7. The summed E-state index contributed by atoms with van der Waals surface area (Å²) in [6, 6.07) is 3.96. The van der Waals surface area contributed by atoms with Gasteiger partial charge in [-0.1, -0.05) is 11.6 Å². The number of fused-ring (bicyclic) bond motifs is 1. The van der Waals surface area contributed by atoms with Crippen LogP contribution in [0.25, 0.3) is 10.9 Å². The number of nitrogens with zero attached hydrogens (tertiary/aromatic N) is 1. The average molecular weight is 254 g/mol. The predicted octanol–water partition coefficient (Wildman–Crippen LogP) is 3.12. The van der Waals surface area contributed by atoms with Crippen LogP contribution in [0.1, 0.15) is 16.1 Å². The Bertz CT molecular complexity index is 613. The number of methoxy groups -OCH3 is 1. The molecule has 1 aromatic heterocycles. The van der Waals surface area contributed by atoms with Crippen LogP contribution in [0, 0.1) is 12.7 Å². The van der Waals surface area contributed by atoms with Gasteiger partial charge in [-0.3, -0.25) is 4.98 Å². The molecule has 2 aromatic rings. The first-order valence-electron chi connectivity index (χ1n) is 4.87. The number of pyridine rings is 1. The molecule has 0 fully saturated rings. The minimum absolute atomic E-state index is 0.0769. The molecule has 0 atom stereocenters. The minimum Gasteiger partial charge on any atom is -0.465 e. The lowest BCUT2D eigenvalue weighted by atomic mass is 10.1. The summed E-state index contributed by atoms with van der Waals surface area (Å²) in [6.45, 7) is 1.75. The highest BCUT2D eigenvalue weighted by Gasteiger charge is 2.15. The van der Waals surface area contributed by atoms with Gasteiger partial charge in [-0.2, -0.15) is 0 Å². The second kappa shape index (κ2) is 4.30. The summed E-state index contributed by atoms with van der Waals surface area (Å²) < 4.78 is 18.0. The van der Waals surface area contributed by atoms with Crippen molar-refractivity contribution in [2.45, 2.75) is 6.92 Å². The molecule has 0 saturated heterocycles. The van der Waals surface area contributed by atoms with Crippen molar-refractivity contribution in [1.82, 2.24) is 4.98 Å². The zero-order chi connectivity index (χ0) is 12.6. The Balaban J connectivity index is 2.87. The summed E-state index contributed by atoms with van der Waals surface area (Å²) in [5.74, 6) is -1.19. The standard InChI is InChI=1S/C12H9ClFNO2/c1-6-3-10(13)8-4-7(14)5-9(11(8)15-6)12(16)17-2/h3-5H,1-2H3. The Morgan fingerprint density at radius 1 is 1.41 bits per heavy atom. The van der Waals surface area contributed by atoms with E-state index in [1.54, 1.807) is 13.0 Å². The largest absolute Gasteiger partial charge is 0.465 e. The number of aromatic nitrogens is 1. The molecule has 0 aliphatic rings. The molecule has 0 saturated carbocycles. The molecule has 0 N–H and O–H groups in total. The fourth-order valence-corrected chi connectivity index (χ4v) is 1.94. The van der Waals surface area contributed by atoms with Gasteiger partial charge >= 0.3 is 5.97 Å². The van der Waals surface area contributed by atoms with Crippen LogP contribution in [0.3, 0.4) is 0 Å². The zero-order valence-corrected chi connectivity index (χ0v) is 10.0. The van der Waals surface area contributed by atoms with Gasteiger partial charge in [0, 0.05) is 11.1 Å². The first-order chi connectivity index (χ1) is 8.02. The van der Waals surface area contributed by atoms with E-state index in [1.807, 2.05) is 0 Å². The number of ether oxygens (including phenoxy) is 1. The molecular weight excluding hydrogens is 245 g/mol. The fraction of sp³-hybridized carbons (Fsp3) is 0.167. The quantitative estimate of drug-likeness (QED) is 0.733. The van der Waals surface area contributed by atoms with Crippen LogP contribution in [0.4, 0.5) is 4.39 Å². The van der Waals surface area contributed by atoms with Crippen molar-refractivity contribution in [2.24, 2.45) is 0 Å². The smallest absolute Gasteiger partial charge is 0.340 e. The topological polar surface area (TPSA) is 39.2 Å². The van der Waals surface area contributed by atoms with Crippen molar-refractivity contribution in [2.75, 3.05) is 7.11 Å². The highest BCUT2D eigenvalue weighted by atomic mass is 35.5. The number of aryl methyl sites for hydroxylation is 1. The lowest BCUT2D eigenvalue weighted by Crippen LogP contribution is -2.04. The van der Waals surface area contributed by atoms with Crippen LogP contribution < -0.4 is 0 Å². The Kier molecular flexibility index (Phi) is 2.98. The summed E-state index contributed by atoms with van der Waals surface area (Å²) in [5, 5.41) is 0.759. The van der Waals surface area contributed by atoms with Crippen molar-refractivity contribution in [1.29, 1.82) is 0 Å². The van der Waals surface area contributed by atoms with E-state index in [9.17, 15) is 9.18 Å². The van der Waals surface area contributed by atoms with Crippen molar-refractivity contribution < 1.29 is 13.9 Å². The predicted molar refractivity (Wildman–Crippen MR) is 62.8 cm³/mol. The van der Waals surface area contributed by atoms with E-state index in [-0.39, 0.29) is 5.56 Å². The van der Waals surface area contributed by atoms with Gasteiger partial charge in [-0.25, -0.2) is 9.18 Å². The van der Waals surface area contributed by atoms with Crippen LogP contribution in [0.15, 0.2) is 18.2 Å². The number of halogens is 2. The molecule has 0 aliphatic carbocycles. The van der Waals surface area contributed by atoms with Gasteiger partial charge in [-0.15, -0.1) is 0 Å². The van der Waals surface area contributed by atoms with E-state index < -0.39 is 11.8 Å². The lowest BCUT2D eigenvalue weighted by molar-refractivity contribution is 0.0602. The molecule has 1 heterocycles. The molecule has 2 rings (SSSR count). The van der Waals surface area contributed by atoms with Crippen molar-refractivity contribution in [3.8, 4) is 0 Å². The first-order valence-corrected chi connectivity index (χ1v) is 5.25. The minimum atomic E-state index is -0.635. The number of rotatable bonds is 1. The third-order valence-corrected chi connectivity index (χ3v) is 2.67. The number of esters is 1. The molecule has 1 aromatic carbocycles. The van der Waals surface area contributed by atoms with Gasteiger partial charge in [0.05, 0.1) is 23.2 Å². The van der Waals surface area contributed by atoms with Gasteiger partial charge in [0.15, 0.2) is 0 Å². The fourth-order valence-electron chi connectivity index (χ4n) is 1.64. The van der Waals surface area contributed by atoms with Crippen LogP contribution in [-0.2, 0) is 4.74 Å².